The zero-order valence-electron chi connectivity index (χ0n) is 3.89. The number of nitrogens with zero attached hydrogens (tertiary/aromatic N) is 1. The molecule has 0 spiro atoms. The van der Waals surface area contributed by atoms with E-state index in [2.05, 4.69) is 20.3 Å². The molecule has 0 aliphatic rings. The molecule has 2 nitrogen and oxygen atoms in total. The Morgan fingerprint density at radius 3 is 2.62 bits per heavy atom. The fraction of sp³-hybridized carbons (Fsp3) is 0. The average molecular weight is 172 g/mol. The third kappa shape index (κ3) is 0.749. The van der Waals surface area contributed by atoms with Gasteiger partial charge in [-0.2, -0.15) is 5.26 Å². The Balaban J connectivity index is 3.15. The summed E-state index contributed by atoms with van der Waals surface area (Å²) < 4.78 is 5.38. The second kappa shape index (κ2) is 2.01. The molecule has 0 fully saturated rings. The molecule has 0 radical (unpaired) electrons. The molecule has 0 atom stereocenters. The van der Waals surface area contributed by atoms with Crippen LogP contribution in [0, 0.1) is 11.3 Å². The van der Waals surface area contributed by atoms with Gasteiger partial charge in [-0.15, -0.1) is 0 Å². The summed E-state index contributed by atoms with van der Waals surface area (Å²) in [5.74, 6) is 0. The van der Waals surface area contributed by atoms with Crippen molar-refractivity contribution in [3.05, 3.63) is 22.6 Å². The molecule has 0 amide bonds. The van der Waals surface area contributed by atoms with Gasteiger partial charge in [0.05, 0.1) is 4.47 Å². The van der Waals surface area contributed by atoms with Crippen molar-refractivity contribution in [1.29, 1.82) is 5.26 Å². The maximum atomic E-state index is 8.27. The number of furan rings is 1. The fourth-order valence-corrected chi connectivity index (χ4v) is 0.651. The zero-order chi connectivity index (χ0) is 5.98. The average Bonchev–Trinajstić information content (AvgIpc) is 2.14. The third-order valence-corrected chi connectivity index (χ3v) is 1.35. The molecular formula is C5H2BrNO. The minimum Gasteiger partial charge on any atom is -0.470 e. The SMILES string of the molecule is N#Cc1cocc1Br. The Morgan fingerprint density at radius 1 is 1.62 bits per heavy atom. The lowest BCUT2D eigenvalue weighted by molar-refractivity contribution is 0.565. The molecule has 1 rings (SSSR count). The Morgan fingerprint density at radius 2 is 2.38 bits per heavy atom. The van der Waals surface area contributed by atoms with E-state index in [0.29, 0.717) is 10.0 Å². The van der Waals surface area contributed by atoms with Crippen molar-refractivity contribution in [1.82, 2.24) is 0 Å². The van der Waals surface area contributed by atoms with E-state index in [1.807, 2.05) is 6.07 Å². The number of rotatable bonds is 0. The van der Waals surface area contributed by atoms with Crippen LogP contribution in [-0.4, -0.2) is 0 Å². The number of hydrogen-bond donors (Lipinski definition) is 0. The van der Waals surface area contributed by atoms with Gasteiger partial charge in [0.25, 0.3) is 0 Å². The van der Waals surface area contributed by atoms with Crippen LogP contribution in [0.1, 0.15) is 5.56 Å². The third-order valence-electron chi connectivity index (χ3n) is 0.735. The second-order valence-electron chi connectivity index (χ2n) is 1.25. The summed E-state index contributed by atoms with van der Waals surface area (Å²) in [5, 5.41) is 8.27. The van der Waals surface area contributed by atoms with Crippen LogP contribution in [0.25, 0.3) is 0 Å². The molecule has 8 heavy (non-hydrogen) atoms. The maximum absolute atomic E-state index is 8.27. The fourth-order valence-electron chi connectivity index (χ4n) is 0.361. The Bertz CT molecular complexity index is 223. The summed E-state index contributed by atoms with van der Waals surface area (Å²) in [6.07, 6.45) is 2.86. The highest BCUT2D eigenvalue weighted by atomic mass is 79.9. The lowest BCUT2D eigenvalue weighted by Crippen LogP contribution is -1.61. The van der Waals surface area contributed by atoms with E-state index >= 15 is 0 Å². The van der Waals surface area contributed by atoms with Crippen molar-refractivity contribution in [2.45, 2.75) is 0 Å². The Labute approximate surface area is 54.9 Å². The van der Waals surface area contributed by atoms with Gasteiger partial charge in [-0.05, 0) is 15.9 Å². The number of halogens is 1. The van der Waals surface area contributed by atoms with Crippen LogP contribution in [0.4, 0.5) is 0 Å². The van der Waals surface area contributed by atoms with Crippen molar-refractivity contribution in [2.75, 3.05) is 0 Å². The van der Waals surface area contributed by atoms with Crippen molar-refractivity contribution in [3.8, 4) is 6.07 Å². The zero-order valence-corrected chi connectivity index (χ0v) is 5.47. The monoisotopic (exact) mass is 171 g/mol. The van der Waals surface area contributed by atoms with Crippen molar-refractivity contribution in [2.24, 2.45) is 0 Å². The summed E-state index contributed by atoms with van der Waals surface area (Å²) in [5.41, 5.74) is 0.532. The topological polar surface area (TPSA) is 36.9 Å². The number of nitriles is 1. The number of hydrogen-bond acceptors (Lipinski definition) is 2. The van der Waals surface area contributed by atoms with Gasteiger partial charge in [-0.1, -0.05) is 0 Å². The van der Waals surface area contributed by atoms with Crippen LogP contribution < -0.4 is 0 Å². The van der Waals surface area contributed by atoms with Gasteiger partial charge in [0.1, 0.15) is 24.2 Å². The summed E-state index contributed by atoms with van der Waals surface area (Å²) in [7, 11) is 0. The first-order valence-corrected chi connectivity index (χ1v) is 2.75. The van der Waals surface area contributed by atoms with Crippen LogP contribution in [0.15, 0.2) is 21.4 Å². The summed E-state index contributed by atoms with van der Waals surface area (Å²) in [6.45, 7) is 0. The summed E-state index contributed by atoms with van der Waals surface area (Å²) >= 11 is 3.11. The van der Waals surface area contributed by atoms with E-state index in [1.54, 1.807) is 0 Å². The lowest BCUT2D eigenvalue weighted by atomic mass is 10.4. The second-order valence-corrected chi connectivity index (χ2v) is 2.10. The first-order chi connectivity index (χ1) is 3.84. The van der Waals surface area contributed by atoms with Gasteiger partial charge in [-0.3, -0.25) is 0 Å². The summed E-state index contributed by atoms with van der Waals surface area (Å²) in [4.78, 5) is 0. The van der Waals surface area contributed by atoms with Gasteiger partial charge in [0, 0.05) is 0 Å². The molecule has 1 heterocycles. The van der Waals surface area contributed by atoms with E-state index < -0.39 is 0 Å². The summed E-state index contributed by atoms with van der Waals surface area (Å²) in [6, 6.07) is 1.93. The Kier molecular flexibility index (Phi) is 1.36. The van der Waals surface area contributed by atoms with Gasteiger partial charge in [0.2, 0.25) is 0 Å². The molecule has 0 aliphatic heterocycles. The predicted octanol–water partition coefficient (Wildman–Crippen LogP) is 1.91. The van der Waals surface area contributed by atoms with Gasteiger partial charge < -0.3 is 4.42 Å². The first-order valence-electron chi connectivity index (χ1n) is 1.96. The maximum Gasteiger partial charge on any atom is 0.109 e. The predicted molar refractivity (Wildman–Crippen MR) is 31.1 cm³/mol. The van der Waals surface area contributed by atoms with Crippen molar-refractivity contribution in [3.63, 3.8) is 0 Å². The van der Waals surface area contributed by atoms with Crippen LogP contribution in [0.5, 0.6) is 0 Å². The molecule has 0 N–H and O–H groups in total. The van der Waals surface area contributed by atoms with Gasteiger partial charge in [-0.25, -0.2) is 0 Å². The Hall–Kier alpha value is -0.750. The van der Waals surface area contributed by atoms with Gasteiger partial charge >= 0.3 is 0 Å². The normalized spacial score (nSPS) is 8.50. The van der Waals surface area contributed by atoms with Crippen LogP contribution in [0.2, 0.25) is 0 Å². The van der Waals surface area contributed by atoms with Crippen LogP contribution >= 0.6 is 15.9 Å². The van der Waals surface area contributed by atoms with E-state index in [9.17, 15) is 0 Å². The molecule has 1 aromatic heterocycles. The van der Waals surface area contributed by atoms with Crippen LogP contribution in [-0.2, 0) is 0 Å². The van der Waals surface area contributed by atoms with E-state index in [1.165, 1.54) is 12.5 Å². The van der Waals surface area contributed by atoms with Crippen LogP contribution in [0.3, 0.4) is 0 Å². The van der Waals surface area contributed by atoms with E-state index in [0.717, 1.165) is 0 Å². The minimum atomic E-state index is 0.532. The molecule has 0 aliphatic carbocycles. The highest BCUT2D eigenvalue weighted by Gasteiger charge is 1.96. The van der Waals surface area contributed by atoms with E-state index in [4.69, 9.17) is 5.26 Å². The quantitative estimate of drug-likeness (QED) is 0.599. The molecule has 0 saturated heterocycles. The molecule has 0 saturated carbocycles. The molecule has 40 valence electrons. The standard InChI is InChI=1S/C5H2BrNO/c6-5-3-8-2-4(5)1-7/h2-3H. The molecule has 0 unspecified atom stereocenters. The molecule has 1 aromatic rings. The van der Waals surface area contributed by atoms with Gasteiger partial charge in [0.15, 0.2) is 0 Å². The molecule has 3 heteroatoms. The molecule has 0 aromatic carbocycles. The lowest BCUT2D eigenvalue weighted by Gasteiger charge is -1.71. The largest absolute Gasteiger partial charge is 0.470 e. The molecule has 0 bridgehead atoms. The highest BCUT2D eigenvalue weighted by molar-refractivity contribution is 9.10. The molecular weight excluding hydrogens is 170 g/mol. The highest BCUT2D eigenvalue weighted by Crippen LogP contribution is 2.15. The van der Waals surface area contributed by atoms with E-state index in [-0.39, 0.29) is 0 Å². The minimum absolute atomic E-state index is 0.532. The smallest absolute Gasteiger partial charge is 0.109 e. The van der Waals surface area contributed by atoms with Crippen molar-refractivity contribution < 1.29 is 4.42 Å². The van der Waals surface area contributed by atoms with Crippen molar-refractivity contribution >= 4 is 15.9 Å². The first kappa shape index (κ1) is 5.39.